The fourth-order valence-corrected chi connectivity index (χ4v) is 1.99. The van der Waals surface area contributed by atoms with Gasteiger partial charge < -0.3 is 15.4 Å². The van der Waals surface area contributed by atoms with Crippen molar-refractivity contribution in [2.45, 2.75) is 12.8 Å². The lowest BCUT2D eigenvalue weighted by molar-refractivity contribution is -0.130. The highest BCUT2D eigenvalue weighted by Crippen LogP contribution is 2.25. The molecule has 1 aromatic carbocycles. The van der Waals surface area contributed by atoms with E-state index >= 15 is 0 Å². The number of hydrogen-bond acceptors (Lipinski definition) is 3. The van der Waals surface area contributed by atoms with Crippen LogP contribution in [-0.2, 0) is 4.79 Å². The van der Waals surface area contributed by atoms with Gasteiger partial charge in [0, 0.05) is 20.0 Å². The Morgan fingerprint density at radius 2 is 2.20 bits per heavy atom. The molecule has 1 rings (SSSR count). The third-order valence-corrected chi connectivity index (χ3v) is 3.41. The minimum absolute atomic E-state index is 0.0560. The predicted molar refractivity (Wildman–Crippen MR) is 83.3 cm³/mol. The molecule has 0 aliphatic heterocycles. The Labute approximate surface area is 131 Å². The third-order valence-electron chi connectivity index (χ3n) is 2.59. The van der Waals surface area contributed by atoms with Gasteiger partial charge in [0.05, 0.1) is 22.5 Å². The summed E-state index contributed by atoms with van der Waals surface area (Å²) in [5.74, 6) is 0.0993. The van der Waals surface area contributed by atoms with Crippen molar-refractivity contribution in [2.75, 3.05) is 20.2 Å². The molecule has 1 aromatic rings. The van der Waals surface area contributed by atoms with Gasteiger partial charge in [-0.3, -0.25) is 4.79 Å². The number of nitrogens with two attached hydrogens (primary N) is 1. The van der Waals surface area contributed by atoms with Gasteiger partial charge in [0.25, 0.3) is 0 Å². The van der Waals surface area contributed by atoms with E-state index in [9.17, 15) is 9.18 Å². The highest BCUT2D eigenvalue weighted by molar-refractivity contribution is 9.10. The molecule has 0 saturated carbocycles. The van der Waals surface area contributed by atoms with E-state index < -0.39 is 0 Å². The molecular formula is C13H16BrFN2O2S. The molecule has 0 heterocycles. The van der Waals surface area contributed by atoms with Gasteiger partial charge >= 0.3 is 0 Å². The van der Waals surface area contributed by atoms with Crippen LogP contribution in [0.1, 0.15) is 12.8 Å². The molecule has 0 fully saturated rings. The molecule has 0 spiro atoms. The van der Waals surface area contributed by atoms with Crippen LogP contribution in [0.25, 0.3) is 0 Å². The van der Waals surface area contributed by atoms with E-state index in [4.69, 9.17) is 22.7 Å². The number of halogens is 2. The Hall–Kier alpha value is -1.21. The van der Waals surface area contributed by atoms with Crippen molar-refractivity contribution in [3.05, 3.63) is 28.5 Å². The Balaban J connectivity index is 2.36. The number of amides is 1. The lowest BCUT2D eigenvalue weighted by atomic mass is 10.3. The van der Waals surface area contributed by atoms with Crippen molar-refractivity contribution >= 4 is 39.0 Å². The molecule has 0 aromatic heterocycles. The van der Waals surface area contributed by atoms with Crippen LogP contribution in [0.4, 0.5) is 4.39 Å². The van der Waals surface area contributed by atoms with Gasteiger partial charge in [-0.2, -0.15) is 0 Å². The largest absolute Gasteiger partial charge is 0.492 e. The van der Waals surface area contributed by atoms with E-state index in [0.29, 0.717) is 28.2 Å². The number of ether oxygens (including phenoxy) is 1. The van der Waals surface area contributed by atoms with E-state index in [1.165, 1.54) is 18.2 Å². The summed E-state index contributed by atoms with van der Waals surface area (Å²) in [5.41, 5.74) is 5.38. The first-order chi connectivity index (χ1) is 9.40. The maximum atomic E-state index is 12.9. The van der Waals surface area contributed by atoms with Gasteiger partial charge in [0.15, 0.2) is 0 Å². The van der Waals surface area contributed by atoms with Crippen molar-refractivity contribution in [2.24, 2.45) is 5.73 Å². The van der Waals surface area contributed by atoms with Crippen molar-refractivity contribution in [3.63, 3.8) is 0 Å². The van der Waals surface area contributed by atoms with Gasteiger partial charge in [-0.05, 0) is 34.1 Å². The lowest BCUT2D eigenvalue weighted by Crippen LogP contribution is -2.30. The van der Waals surface area contributed by atoms with Crippen LogP contribution in [0, 0.1) is 5.82 Å². The molecule has 0 unspecified atom stereocenters. The van der Waals surface area contributed by atoms with Crippen LogP contribution in [0.15, 0.2) is 22.7 Å². The fourth-order valence-electron chi connectivity index (χ4n) is 1.43. The molecule has 0 saturated heterocycles. The lowest BCUT2D eigenvalue weighted by Gasteiger charge is -2.17. The van der Waals surface area contributed by atoms with E-state index in [0.717, 1.165) is 0 Å². The number of carbonyl (C=O) groups is 1. The molecule has 4 nitrogen and oxygen atoms in total. The summed E-state index contributed by atoms with van der Waals surface area (Å²) in [6.45, 7) is 0.717. The summed E-state index contributed by atoms with van der Waals surface area (Å²) in [6.07, 6.45) is 0.736. The molecule has 0 aliphatic carbocycles. The highest BCUT2D eigenvalue weighted by atomic mass is 79.9. The molecule has 2 N–H and O–H groups in total. The third kappa shape index (κ3) is 5.83. The number of carbonyl (C=O) groups excluding carboxylic acids is 1. The number of hydrogen-bond donors (Lipinski definition) is 1. The molecule has 0 bridgehead atoms. The Kier molecular flexibility index (Phi) is 6.87. The van der Waals surface area contributed by atoms with Gasteiger partial charge in [0.2, 0.25) is 5.91 Å². The second-order valence-electron chi connectivity index (χ2n) is 4.20. The number of thiocarbonyl (C=S) groups is 1. The van der Waals surface area contributed by atoms with Gasteiger partial charge in [0.1, 0.15) is 11.6 Å². The van der Waals surface area contributed by atoms with Gasteiger partial charge in [-0.1, -0.05) is 12.2 Å². The summed E-state index contributed by atoms with van der Waals surface area (Å²) in [5, 5.41) is 0. The van der Waals surface area contributed by atoms with Crippen LogP contribution in [-0.4, -0.2) is 36.0 Å². The second kappa shape index (κ2) is 8.16. The summed E-state index contributed by atoms with van der Waals surface area (Å²) in [6, 6.07) is 4.13. The van der Waals surface area contributed by atoms with Gasteiger partial charge in [-0.25, -0.2) is 4.39 Å². The zero-order valence-corrected chi connectivity index (χ0v) is 13.5. The first-order valence-corrected chi connectivity index (χ1v) is 7.20. The summed E-state index contributed by atoms with van der Waals surface area (Å²) in [4.78, 5) is 13.7. The van der Waals surface area contributed by atoms with Crippen LogP contribution in [0.2, 0.25) is 0 Å². The maximum Gasteiger partial charge on any atom is 0.225 e. The predicted octanol–water partition coefficient (Wildman–Crippen LogP) is 2.49. The molecule has 1 amide bonds. The molecule has 20 heavy (non-hydrogen) atoms. The van der Waals surface area contributed by atoms with Crippen LogP contribution in [0.5, 0.6) is 5.75 Å². The Morgan fingerprint density at radius 3 is 2.80 bits per heavy atom. The van der Waals surface area contributed by atoms with Crippen LogP contribution >= 0.6 is 28.1 Å². The fraction of sp³-hybridized carbons (Fsp3) is 0.385. The van der Waals surface area contributed by atoms with E-state index in [2.05, 4.69) is 15.9 Å². The summed E-state index contributed by atoms with van der Waals surface area (Å²) in [7, 11) is 1.69. The zero-order chi connectivity index (χ0) is 15.1. The Bertz CT molecular complexity index is 499. The van der Waals surface area contributed by atoms with Gasteiger partial charge in [-0.15, -0.1) is 0 Å². The topological polar surface area (TPSA) is 55.6 Å². The monoisotopic (exact) mass is 362 g/mol. The minimum atomic E-state index is -0.349. The standard InChI is InChI=1S/C13H16BrFN2O2S/c1-17(6-4-12(16)20)13(18)5-7-19-11-3-2-9(15)8-10(11)14/h2-3,8H,4-7H2,1H3,(H2,16,20). The maximum absolute atomic E-state index is 12.9. The summed E-state index contributed by atoms with van der Waals surface area (Å²) < 4.78 is 18.8. The smallest absolute Gasteiger partial charge is 0.225 e. The number of rotatable bonds is 7. The van der Waals surface area contributed by atoms with Crippen molar-refractivity contribution in [1.29, 1.82) is 0 Å². The average Bonchev–Trinajstić information content (AvgIpc) is 2.38. The van der Waals surface area contributed by atoms with Crippen LogP contribution < -0.4 is 10.5 Å². The molecular weight excluding hydrogens is 347 g/mol. The molecule has 7 heteroatoms. The summed E-state index contributed by atoms with van der Waals surface area (Å²) >= 11 is 7.95. The highest BCUT2D eigenvalue weighted by Gasteiger charge is 2.10. The minimum Gasteiger partial charge on any atom is -0.492 e. The number of nitrogens with zero attached hydrogens (tertiary/aromatic N) is 1. The van der Waals surface area contributed by atoms with Crippen molar-refractivity contribution in [3.8, 4) is 5.75 Å². The van der Waals surface area contributed by atoms with Crippen molar-refractivity contribution in [1.82, 2.24) is 4.90 Å². The van der Waals surface area contributed by atoms with E-state index in [1.54, 1.807) is 11.9 Å². The molecule has 110 valence electrons. The first kappa shape index (κ1) is 16.8. The zero-order valence-electron chi connectivity index (χ0n) is 11.1. The first-order valence-electron chi connectivity index (χ1n) is 6.00. The number of benzene rings is 1. The van der Waals surface area contributed by atoms with E-state index in [-0.39, 0.29) is 24.8 Å². The quantitative estimate of drug-likeness (QED) is 0.757. The SMILES string of the molecule is CN(CCC(N)=S)C(=O)CCOc1ccc(F)cc1Br. The van der Waals surface area contributed by atoms with Crippen LogP contribution in [0.3, 0.4) is 0 Å². The normalized spacial score (nSPS) is 10.2. The second-order valence-corrected chi connectivity index (χ2v) is 5.58. The molecule has 0 aliphatic rings. The molecule has 0 radical (unpaired) electrons. The Morgan fingerprint density at radius 1 is 1.50 bits per heavy atom. The average molecular weight is 363 g/mol. The molecule has 0 atom stereocenters. The van der Waals surface area contributed by atoms with E-state index in [1.807, 2.05) is 0 Å². The van der Waals surface area contributed by atoms with Crippen molar-refractivity contribution < 1.29 is 13.9 Å².